The van der Waals surface area contributed by atoms with Crippen molar-refractivity contribution in [3.8, 4) is 5.75 Å². The molecule has 0 heterocycles. The van der Waals surface area contributed by atoms with Gasteiger partial charge in [-0.25, -0.2) is 0 Å². The minimum atomic E-state index is -0.695. The molecular formula is C23H29ClN2O4. The number of rotatable bonds is 9. The highest BCUT2D eigenvalue weighted by atomic mass is 35.5. The fourth-order valence-electron chi connectivity index (χ4n) is 2.94. The number of Topliss-reactive ketones (excluding diaryl/α,β-unsaturated/α-hetero) is 1. The molecule has 2 rings (SSSR count). The molecule has 1 amide bonds. The summed E-state index contributed by atoms with van der Waals surface area (Å²) in [5.74, 6) is -0.0895. The van der Waals surface area contributed by atoms with Gasteiger partial charge in [-0.2, -0.15) is 0 Å². The van der Waals surface area contributed by atoms with Crippen molar-refractivity contribution in [2.45, 2.75) is 39.3 Å². The van der Waals surface area contributed by atoms with Crippen LogP contribution in [0.4, 0.5) is 5.69 Å². The van der Waals surface area contributed by atoms with Gasteiger partial charge in [-0.15, -0.1) is 0 Å². The zero-order chi connectivity index (χ0) is 21.4. The first kappa shape index (κ1) is 25.4. The van der Waals surface area contributed by atoms with Crippen molar-refractivity contribution in [1.29, 1.82) is 0 Å². The average Bonchev–Trinajstić information content (AvgIpc) is 2.67. The third-order valence-electron chi connectivity index (χ3n) is 4.51. The lowest BCUT2D eigenvalue weighted by Gasteiger charge is -2.17. The lowest BCUT2D eigenvalue weighted by Crippen LogP contribution is -3.00. The number of nitrogens with one attached hydrogen (secondary N) is 1. The Kier molecular flexibility index (Phi) is 10.3. The number of quaternary nitrogens is 1. The summed E-state index contributed by atoms with van der Waals surface area (Å²) < 4.78 is 0. The molecule has 0 saturated heterocycles. The minimum absolute atomic E-state index is 0. The topological polar surface area (TPSA) is 103 Å². The molecule has 30 heavy (non-hydrogen) atoms. The van der Waals surface area contributed by atoms with Gasteiger partial charge in [0.15, 0.2) is 5.78 Å². The highest BCUT2D eigenvalue weighted by Gasteiger charge is 2.19. The van der Waals surface area contributed by atoms with Gasteiger partial charge in [-0.05, 0) is 50.6 Å². The van der Waals surface area contributed by atoms with Crippen molar-refractivity contribution >= 4 is 17.4 Å². The van der Waals surface area contributed by atoms with Gasteiger partial charge in [-0.3, -0.25) is 9.59 Å². The first-order valence-electron chi connectivity index (χ1n) is 9.65. The Hall–Kier alpha value is -2.67. The normalized spacial score (nSPS) is 12.3. The number of aliphatic hydroxyl groups excluding tert-OH is 1. The summed E-state index contributed by atoms with van der Waals surface area (Å²) in [5.41, 5.74) is 2.74. The van der Waals surface area contributed by atoms with E-state index in [1.807, 2.05) is 26.1 Å². The molecule has 0 spiro atoms. The van der Waals surface area contributed by atoms with E-state index < -0.39 is 6.10 Å². The second-order valence-electron chi connectivity index (χ2n) is 7.38. The average molecular weight is 433 g/mol. The quantitative estimate of drug-likeness (QED) is 0.318. The Morgan fingerprint density at radius 3 is 2.43 bits per heavy atom. The van der Waals surface area contributed by atoms with Gasteiger partial charge >= 0.3 is 0 Å². The molecule has 7 heteroatoms. The number of benzene rings is 2. The fraction of sp³-hybridized carbons (Fsp3) is 0.304. The Labute approximate surface area is 183 Å². The number of halogens is 1. The Balaban J connectivity index is 0.00000450. The van der Waals surface area contributed by atoms with Gasteiger partial charge in [0, 0.05) is 17.3 Å². The summed E-state index contributed by atoms with van der Waals surface area (Å²) in [4.78, 5) is 24.3. The number of phenols is 1. The summed E-state index contributed by atoms with van der Waals surface area (Å²) in [5, 5.41) is 24.4. The van der Waals surface area contributed by atoms with Crippen molar-refractivity contribution in [1.82, 2.24) is 0 Å². The van der Waals surface area contributed by atoms with Crippen LogP contribution in [0.3, 0.4) is 0 Å². The van der Waals surface area contributed by atoms with Crippen LogP contribution in [-0.4, -0.2) is 34.5 Å². The first-order chi connectivity index (χ1) is 13.8. The van der Waals surface area contributed by atoms with E-state index in [0.717, 1.165) is 11.1 Å². The number of amides is 1. The monoisotopic (exact) mass is 432 g/mol. The highest BCUT2D eigenvalue weighted by molar-refractivity contribution is 6.01. The summed E-state index contributed by atoms with van der Waals surface area (Å²) in [6.45, 7) is 6.11. The summed E-state index contributed by atoms with van der Waals surface area (Å²) >= 11 is 0. The lowest BCUT2D eigenvalue weighted by molar-refractivity contribution is -0.693. The van der Waals surface area contributed by atoms with Crippen LogP contribution in [0.5, 0.6) is 5.75 Å². The number of carbonyl (C=O) groups excluding carboxylic acids is 2. The molecular weight excluding hydrogens is 404 g/mol. The molecule has 2 atom stereocenters. The van der Waals surface area contributed by atoms with Crippen molar-refractivity contribution in [2.24, 2.45) is 0 Å². The maximum atomic E-state index is 12.5. The molecule has 6 nitrogen and oxygen atoms in total. The van der Waals surface area contributed by atoms with Crippen molar-refractivity contribution in [3.63, 3.8) is 0 Å². The number of phenolic OH excluding ortho intramolecular Hbond substituents is 1. The predicted molar refractivity (Wildman–Crippen MR) is 113 cm³/mol. The van der Waals surface area contributed by atoms with E-state index in [2.05, 4.69) is 5.32 Å². The van der Waals surface area contributed by atoms with Crippen LogP contribution >= 0.6 is 0 Å². The molecule has 2 aromatic rings. The number of allylic oxidation sites excluding steroid dienone is 1. The maximum Gasteiger partial charge on any atom is 0.248 e. The molecule has 162 valence electrons. The third-order valence-corrected chi connectivity index (χ3v) is 4.51. The van der Waals surface area contributed by atoms with Gasteiger partial charge in [0.05, 0.1) is 13.0 Å². The van der Waals surface area contributed by atoms with Gasteiger partial charge in [-0.1, -0.05) is 29.8 Å². The minimum Gasteiger partial charge on any atom is -1.00 e. The van der Waals surface area contributed by atoms with Gasteiger partial charge in [0.1, 0.15) is 17.9 Å². The van der Waals surface area contributed by atoms with Crippen LogP contribution in [0.25, 0.3) is 0 Å². The van der Waals surface area contributed by atoms with E-state index >= 15 is 0 Å². The van der Waals surface area contributed by atoms with Gasteiger partial charge < -0.3 is 33.3 Å². The second-order valence-corrected chi connectivity index (χ2v) is 7.38. The molecule has 0 aromatic heterocycles. The Bertz CT molecular complexity index is 877. The van der Waals surface area contributed by atoms with E-state index in [0.29, 0.717) is 24.2 Å². The summed E-state index contributed by atoms with van der Waals surface area (Å²) in [6, 6.07) is 13.2. The summed E-state index contributed by atoms with van der Waals surface area (Å²) in [6.07, 6.45) is 1.13. The van der Waals surface area contributed by atoms with Crippen molar-refractivity contribution < 1.29 is 37.5 Å². The molecule has 0 radical (unpaired) electrons. The number of nitrogens with two attached hydrogens (primary N) is 1. The van der Waals surface area contributed by atoms with Crippen LogP contribution < -0.4 is 23.0 Å². The second kappa shape index (κ2) is 12.1. The van der Waals surface area contributed by atoms with E-state index in [4.69, 9.17) is 0 Å². The molecule has 2 unspecified atom stereocenters. The number of carbonyl (C=O) groups is 2. The Morgan fingerprint density at radius 2 is 1.80 bits per heavy atom. The number of hydrogen-bond donors (Lipinski definition) is 4. The number of aliphatic hydroxyl groups is 1. The molecule has 0 fully saturated rings. The SMILES string of the molecule is CC(C)=CC(=O)Nc1cccc(C(=O)CC[NH2+]C(C)C(O)c2ccc(O)cc2)c1.[Cl-]. The van der Waals surface area contributed by atoms with E-state index in [1.165, 1.54) is 18.2 Å². The first-order valence-corrected chi connectivity index (χ1v) is 9.65. The van der Waals surface area contributed by atoms with Crippen LogP contribution in [-0.2, 0) is 4.79 Å². The largest absolute Gasteiger partial charge is 1.00 e. The molecule has 0 aliphatic heterocycles. The molecule has 0 aliphatic rings. The van der Waals surface area contributed by atoms with Gasteiger partial charge in [0.2, 0.25) is 5.91 Å². The Morgan fingerprint density at radius 1 is 1.13 bits per heavy atom. The summed E-state index contributed by atoms with van der Waals surface area (Å²) in [7, 11) is 0. The number of ketones is 1. The highest BCUT2D eigenvalue weighted by Crippen LogP contribution is 2.18. The molecule has 2 aromatic carbocycles. The standard InChI is InChI=1S/C23H28N2O4.ClH/c1-15(2)13-22(28)25-19-6-4-5-18(14-19)21(27)11-12-24-16(3)23(29)17-7-9-20(26)10-8-17;/h4-10,13-14,16,23-24,26,29H,11-12H2,1-3H3,(H,25,28);1H. The smallest absolute Gasteiger partial charge is 0.248 e. The van der Waals surface area contributed by atoms with E-state index in [1.54, 1.807) is 36.4 Å². The number of hydrogen-bond acceptors (Lipinski definition) is 4. The molecule has 5 N–H and O–H groups in total. The molecule has 0 aliphatic carbocycles. The number of anilines is 1. The van der Waals surface area contributed by atoms with Crippen LogP contribution in [0.1, 0.15) is 49.2 Å². The van der Waals surface area contributed by atoms with E-state index in [-0.39, 0.29) is 35.9 Å². The van der Waals surface area contributed by atoms with E-state index in [9.17, 15) is 19.8 Å². The van der Waals surface area contributed by atoms with Crippen molar-refractivity contribution in [3.05, 3.63) is 71.3 Å². The molecule has 0 saturated carbocycles. The van der Waals surface area contributed by atoms with Gasteiger partial charge in [0.25, 0.3) is 0 Å². The lowest BCUT2D eigenvalue weighted by atomic mass is 10.0. The van der Waals surface area contributed by atoms with Crippen LogP contribution in [0.2, 0.25) is 0 Å². The zero-order valence-corrected chi connectivity index (χ0v) is 18.2. The third kappa shape index (κ3) is 7.99. The van der Waals surface area contributed by atoms with Crippen LogP contribution in [0.15, 0.2) is 60.2 Å². The van der Waals surface area contributed by atoms with Crippen LogP contribution in [0, 0.1) is 0 Å². The zero-order valence-electron chi connectivity index (χ0n) is 17.4. The van der Waals surface area contributed by atoms with Crippen molar-refractivity contribution in [2.75, 3.05) is 11.9 Å². The molecule has 0 bridgehead atoms. The number of aromatic hydroxyl groups is 1. The maximum absolute atomic E-state index is 12.5. The predicted octanol–water partition coefficient (Wildman–Crippen LogP) is -0.441. The fourth-order valence-corrected chi connectivity index (χ4v) is 2.94.